The summed E-state index contributed by atoms with van der Waals surface area (Å²) in [6, 6.07) is -0.216. The zero-order valence-corrected chi connectivity index (χ0v) is 11.7. The molecule has 0 fully saturated rings. The minimum atomic E-state index is -0.410. The molecule has 0 saturated heterocycles. The number of hydrogen-bond acceptors (Lipinski definition) is 4. The minimum Gasteiger partial charge on any atom is -0.393 e. The predicted octanol–water partition coefficient (Wildman–Crippen LogP) is 0.764. The number of ether oxygens (including phenoxy) is 1. The van der Waals surface area contributed by atoms with Gasteiger partial charge in [-0.05, 0) is 13.3 Å². The number of rotatable bonds is 7. The third-order valence-electron chi connectivity index (χ3n) is 2.64. The van der Waals surface area contributed by atoms with E-state index in [-0.39, 0.29) is 6.03 Å². The van der Waals surface area contributed by atoms with Crippen LogP contribution in [0.3, 0.4) is 0 Å². The maximum absolute atomic E-state index is 11.8. The lowest BCUT2D eigenvalue weighted by molar-refractivity contribution is 0.167. The molecule has 7 heteroatoms. The van der Waals surface area contributed by atoms with Crippen LogP contribution < -0.4 is 5.32 Å². The van der Waals surface area contributed by atoms with Gasteiger partial charge in [0.05, 0.1) is 31.1 Å². The summed E-state index contributed by atoms with van der Waals surface area (Å²) in [7, 11) is 3.32. The van der Waals surface area contributed by atoms with Crippen molar-refractivity contribution in [3.63, 3.8) is 0 Å². The molecule has 0 aliphatic heterocycles. The zero-order valence-electron chi connectivity index (χ0n) is 11.7. The van der Waals surface area contributed by atoms with Crippen molar-refractivity contribution >= 4 is 11.7 Å². The summed E-state index contributed by atoms with van der Waals surface area (Å²) in [6.45, 7) is 3.42. The van der Waals surface area contributed by atoms with Gasteiger partial charge in [-0.25, -0.2) is 4.79 Å². The number of nitrogens with one attached hydrogen (secondary N) is 1. The molecule has 0 bridgehead atoms. The Kier molecular flexibility index (Phi) is 6.31. The third kappa shape index (κ3) is 5.71. The molecule has 1 atom stereocenters. The Labute approximate surface area is 113 Å². The highest BCUT2D eigenvalue weighted by atomic mass is 16.5. The van der Waals surface area contributed by atoms with E-state index in [0.29, 0.717) is 31.8 Å². The fraction of sp³-hybridized carbons (Fsp3) is 0.667. The average molecular weight is 270 g/mol. The fourth-order valence-corrected chi connectivity index (χ4v) is 1.44. The van der Waals surface area contributed by atoms with Crippen molar-refractivity contribution in [2.45, 2.75) is 26.0 Å². The Hall–Kier alpha value is -1.60. The summed E-state index contributed by atoms with van der Waals surface area (Å²) < 4.78 is 6.65. The Balaban J connectivity index is 2.40. The lowest BCUT2D eigenvalue weighted by Gasteiger charge is -2.17. The molecule has 1 aromatic heterocycles. The molecule has 108 valence electrons. The molecule has 0 aliphatic rings. The van der Waals surface area contributed by atoms with Gasteiger partial charge in [-0.3, -0.25) is 4.68 Å². The van der Waals surface area contributed by atoms with E-state index in [1.807, 2.05) is 0 Å². The molecule has 19 heavy (non-hydrogen) atoms. The molecular weight excluding hydrogens is 248 g/mol. The number of aliphatic hydroxyl groups excluding tert-OH is 1. The first-order chi connectivity index (χ1) is 9.02. The van der Waals surface area contributed by atoms with Gasteiger partial charge in [0.25, 0.3) is 0 Å². The third-order valence-corrected chi connectivity index (χ3v) is 2.64. The van der Waals surface area contributed by atoms with Crippen LogP contribution in [0.2, 0.25) is 0 Å². The fourth-order valence-electron chi connectivity index (χ4n) is 1.44. The van der Waals surface area contributed by atoms with Crippen molar-refractivity contribution in [1.82, 2.24) is 14.7 Å². The van der Waals surface area contributed by atoms with E-state index >= 15 is 0 Å². The molecule has 0 aliphatic carbocycles. The number of hydrogen-bond donors (Lipinski definition) is 2. The van der Waals surface area contributed by atoms with Gasteiger partial charge < -0.3 is 20.1 Å². The first kappa shape index (κ1) is 15.5. The van der Waals surface area contributed by atoms with Crippen LogP contribution in [0.15, 0.2) is 12.4 Å². The van der Waals surface area contributed by atoms with Crippen molar-refractivity contribution in [1.29, 1.82) is 0 Å². The molecular formula is C12H22N4O3. The normalized spacial score (nSPS) is 12.2. The van der Waals surface area contributed by atoms with E-state index in [1.54, 1.807) is 38.2 Å². The smallest absolute Gasteiger partial charge is 0.321 e. The summed E-state index contributed by atoms with van der Waals surface area (Å²) in [6.07, 6.45) is 3.49. The number of amides is 2. The Morgan fingerprint density at radius 1 is 1.68 bits per heavy atom. The Morgan fingerprint density at radius 2 is 2.42 bits per heavy atom. The number of aliphatic hydroxyl groups is 1. The van der Waals surface area contributed by atoms with Gasteiger partial charge in [0.15, 0.2) is 0 Å². The van der Waals surface area contributed by atoms with Gasteiger partial charge in [-0.1, -0.05) is 0 Å². The molecule has 0 radical (unpaired) electrons. The van der Waals surface area contributed by atoms with Crippen LogP contribution in [-0.4, -0.2) is 59.2 Å². The first-order valence-electron chi connectivity index (χ1n) is 6.24. The van der Waals surface area contributed by atoms with Gasteiger partial charge in [-0.2, -0.15) is 5.10 Å². The summed E-state index contributed by atoms with van der Waals surface area (Å²) in [4.78, 5) is 13.3. The minimum absolute atomic E-state index is 0.216. The van der Waals surface area contributed by atoms with E-state index in [4.69, 9.17) is 4.74 Å². The van der Waals surface area contributed by atoms with Crippen molar-refractivity contribution in [2.24, 2.45) is 0 Å². The van der Waals surface area contributed by atoms with Crippen LogP contribution in [0.1, 0.15) is 13.3 Å². The second-order valence-corrected chi connectivity index (χ2v) is 4.47. The van der Waals surface area contributed by atoms with Gasteiger partial charge >= 0.3 is 6.03 Å². The maximum Gasteiger partial charge on any atom is 0.321 e. The molecule has 2 amide bonds. The number of carbonyl (C=O) groups excluding carboxylic acids is 1. The van der Waals surface area contributed by atoms with E-state index in [0.717, 1.165) is 0 Å². The van der Waals surface area contributed by atoms with Crippen LogP contribution in [0.4, 0.5) is 10.5 Å². The Morgan fingerprint density at radius 3 is 3.05 bits per heavy atom. The number of carbonyl (C=O) groups is 1. The van der Waals surface area contributed by atoms with Crippen molar-refractivity contribution < 1.29 is 14.6 Å². The molecule has 7 nitrogen and oxygen atoms in total. The molecule has 1 rings (SSSR count). The topological polar surface area (TPSA) is 79.6 Å². The van der Waals surface area contributed by atoms with Gasteiger partial charge in [-0.15, -0.1) is 0 Å². The largest absolute Gasteiger partial charge is 0.393 e. The second kappa shape index (κ2) is 7.75. The van der Waals surface area contributed by atoms with E-state index < -0.39 is 6.10 Å². The number of urea groups is 1. The molecule has 0 spiro atoms. The van der Waals surface area contributed by atoms with Crippen LogP contribution in [0.5, 0.6) is 0 Å². The average Bonchev–Trinajstić information content (AvgIpc) is 2.80. The monoisotopic (exact) mass is 270 g/mol. The molecule has 0 unspecified atom stereocenters. The van der Waals surface area contributed by atoms with E-state index in [9.17, 15) is 9.90 Å². The van der Waals surface area contributed by atoms with Gasteiger partial charge in [0, 0.05) is 26.9 Å². The highest BCUT2D eigenvalue weighted by molar-refractivity contribution is 5.88. The molecule has 0 saturated carbocycles. The van der Waals surface area contributed by atoms with Crippen molar-refractivity contribution in [3.05, 3.63) is 12.4 Å². The first-order valence-corrected chi connectivity index (χ1v) is 6.24. The summed E-state index contributed by atoms with van der Waals surface area (Å²) >= 11 is 0. The number of nitrogens with zero attached hydrogens (tertiary/aromatic N) is 3. The summed E-state index contributed by atoms with van der Waals surface area (Å²) in [5.41, 5.74) is 0.644. The van der Waals surface area contributed by atoms with Crippen LogP contribution in [0.25, 0.3) is 0 Å². The molecule has 1 aromatic rings. The highest BCUT2D eigenvalue weighted by Gasteiger charge is 2.10. The zero-order chi connectivity index (χ0) is 14.3. The van der Waals surface area contributed by atoms with Crippen LogP contribution in [0, 0.1) is 0 Å². The summed E-state index contributed by atoms with van der Waals surface area (Å²) in [5.74, 6) is 0. The highest BCUT2D eigenvalue weighted by Crippen LogP contribution is 2.06. The molecule has 1 heterocycles. The number of methoxy groups -OCH3 is 1. The maximum atomic E-state index is 11.8. The van der Waals surface area contributed by atoms with Crippen LogP contribution >= 0.6 is 0 Å². The molecule has 0 aromatic carbocycles. The number of aromatic nitrogens is 2. The van der Waals surface area contributed by atoms with Crippen LogP contribution in [-0.2, 0) is 11.3 Å². The lowest BCUT2D eigenvalue weighted by atomic mass is 10.3. The van der Waals surface area contributed by atoms with E-state index in [2.05, 4.69) is 10.4 Å². The second-order valence-electron chi connectivity index (χ2n) is 4.47. The summed E-state index contributed by atoms with van der Waals surface area (Å²) in [5, 5.41) is 16.0. The van der Waals surface area contributed by atoms with Gasteiger partial charge in [0.1, 0.15) is 0 Å². The van der Waals surface area contributed by atoms with Crippen molar-refractivity contribution in [3.8, 4) is 0 Å². The van der Waals surface area contributed by atoms with Gasteiger partial charge in [0.2, 0.25) is 0 Å². The Bertz CT molecular complexity index is 392. The standard InChI is InChI=1S/C12H22N4O3/c1-10(17)4-5-15(2)12(18)14-11-8-13-16(9-11)6-7-19-3/h8-10,17H,4-7H2,1-3H3,(H,14,18)/t10-/m0/s1. The van der Waals surface area contributed by atoms with Crippen molar-refractivity contribution in [2.75, 3.05) is 32.6 Å². The predicted molar refractivity (Wildman–Crippen MR) is 72.0 cm³/mol. The van der Waals surface area contributed by atoms with E-state index in [1.165, 1.54) is 4.90 Å². The number of anilines is 1. The quantitative estimate of drug-likeness (QED) is 0.766. The lowest BCUT2D eigenvalue weighted by Crippen LogP contribution is -2.33. The molecule has 2 N–H and O–H groups in total. The SMILES string of the molecule is COCCn1cc(NC(=O)N(C)CC[C@H](C)O)cn1.